The molecule has 2 saturated heterocycles. The third kappa shape index (κ3) is 4.78. The second-order valence-electron chi connectivity index (χ2n) is 5.98. The van der Waals surface area contributed by atoms with Gasteiger partial charge in [0.05, 0.1) is 12.7 Å². The number of piperazine rings is 1. The van der Waals surface area contributed by atoms with Gasteiger partial charge in [-0.05, 0) is 18.4 Å². The fourth-order valence-corrected chi connectivity index (χ4v) is 3.06. The molecular formula is C17H26N2O2. The third-order valence-corrected chi connectivity index (χ3v) is 4.46. The summed E-state index contributed by atoms with van der Waals surface area (Å²) in [5.74, 6) is 0. The Morgan fingerprint density at radius 2 is 1.76 bits per heavy atom. The second kappa shape index (κ2) is 7.90. The largest absolute Gasteiger partial charge is 0.355 e. The van der Waals surface area contributed by atoms with E-state index in [0.717, 1.165) is 39.1 Å². The van der Waals surface area contributed by atoms with Crippen molar-refractivity contribution in [2.45, 2.75) is 18.9 Å². The van der Waals surface area contributed by atoms with Gasteiger partial charge in [0, 0.05) is 39.3 Å². The zero-order valence-corrected chi connectivity index (χ0v) is 12.7. The molecule has 0 aromatic heterocycles. The summed E-state index contributed by atoms with van der Waals surface area (Å²) in [6, 6.07) is 10.8. The van der Waals surface area contributed by atoms with Gasteiger partial charge in [0.2, 0.25) is 0 Å². The molecule has 3 rings (SSSR count). The smallest absolute Gasteiger partial charge is 0.147 e. The van der Waals surface area contributed by atoms with Gasteiger partial charge in [-0.1, -0.05) is 30.3 Å². The van der Waals surface area contributed by atoms with Crippen molar-refractivity contribution in [3.8, 4) is 0 Å². The third-order valence-electron chi connectivity index (χ3n) is 4.46. The predicted molar refractivity (Wildman–Crippen MR) is 83.3 cm³/mol. The van der Waals surface area contributed by atoms with E-state index in [2.05, 4.69) is 40.1 Å². The minimum atomic E-state index is 0.370. The topological polar surface area (TPSA) is 24.9 Å². The molecule has 21 heavy (non-hydrogen) atoms. The van der Waals surface area contributed by atoms with Gasteiger partial charge < -0.3 is 14.4 Å². The van der Waals surface area contributed by atoms with Crippen LogP contribution in [-0.4, -0.2) is 68.6 Å². The molecule has 2 aliphatic heterocycles. The highest BCUT2D eigenvalue weighted by molar-refractivity contribution is 5.14. The van der Waals surface area contributed by atoms with E-state index in [0.29, 0.717) is 12.9 Å². The lowest BCUT2D eigenvalue weighted by molar-refractivity contribution is -0.145. The number of nitrogens with zero attached hydrogens (tertiary/aromatic N) is 2. The minimum absolute atomic E-state index is 0.370. The van der Waals surface area contributed by atoms with E-state index in [1.165, 1.54) is 25.2 Å². The number of hydrogen-bond donors (Lipinski definition) is 0. The van der Waals surface area contributed by atoms with Crippen molar-refractivity contribution in [1.82, 2.24) is 9.80 Å². The average molecular weight is 290 g/mol. The van der Waals surface area contributed by atoms with Crippen LogP contribution in [0.25, 0.3) is 0 Å². The fourth-order valence-electron chi connectivity index (χ4n) is 3.06. The molecule has 1 atom stereocenters. The quantitative estimate of drug-likeness (QED) is 0.822. The maximum atomic E-state index is 5.64. The monoisotopic (exact) mass is 290 g/mol. The van der Waals surface area contributed by atoms with Gasteiger partial charge in [0.25, 0.3) is 0 Å². The van der Waals surface area contributed by atoms with Crippen molar-refractivity contribution in [3.63, 3.8) is 0 Å². The molecule has 0 saturated carbocycles. The van der Waals surface area contributed by atoms with Crippen molar-refractivity contribution in [3.05, 3.63) is 35.9 Å². The van der Waals surface area contributed by atoms with Gasteiger partial charge in [0.15, 0.2) is 0 Å². The molecule has 1 unspecified atom stereocenters. The van der Waals surface area contributed by atoms with Crippen molar-refractivity contribution in [2.24, 2.45) is 0 Å². The van der Waals surface area contributed by atoms with Gasteiger partial charge >= 0.3 is 0 Å². The summed E-state index contributed by atoms with van der Waals surface area (Å²) in [7, 11) is 0. The van der Waals surface area contributed by atoms with Gasteiger partial charge in [-0.3, -0.25) is 4.90 Å². The lowest BCUT2D eigenvalue weighted by Crippen LogP contribution is -2.49. The number of rotatable bonds is 5. The highest BCUT2D eigenvalue weighted by atomic mass is 16.7. The maximum Gasteiger partial charge on any atom is 0.147 e. The molecule has 1 aromatic carbocycles. The molecule has 116 valence electrons. The molecule has 2 fully saturated rings. The van der Waals surface area contributed by atoms with Crippen molar-refractivity contribution < 1.29 is 9.47 Å². The average Bonchev–Trinajstić information content (AvgIpc) is 2.56. The van der Waals surface area contributed by atoms with Crippen LogP contribution >= 0.6 is 0 Å². The van der Waals surface area contributed by atoms with Crippen LogP contribution < -0.4 is 0 Å². The molecule has 4 nitrogen and oxygen atoms in total. The van der Waals surface area contributed by atoms with Crippen LogP contribution in [0.2, 0.25) is 0 Å². The molecular weight excluding hydrogens is 264 g/mol. The second-order valence-corrected chi connectivity index (χ2v) is 5.98. The summed E-state index contributed by atoms with van der Waals surface area (Å²) in [4.78, 5) is 5.11. The molecule has 0 spiro atoms. The lowest BCUT2D eigenvalue weighted by Gasteiger charge is -2.37. The molecule has 0 N–H and O–H groups in total. The summed E-state index contributed by atoms with van der Waals surface area (Å²) in [5, 5.41) is 0. The molecule has 4 heteroatoms. The Morgan fingerprint density at radius 3 is 2.48 bits per heavy atom. The van der Waals surface area contributed by atoms with Crippen LogP contribution in [0, 0.1) is 0 Å². The molecule has 0 bridgehead atoms. The maximum absolute atomic E-state index is 5.64. The first-order chi connectivity index (χ1) is 10.4. The number of hydrogen-bond acceptors (Lipinski definition) is 4. The van der Waals surface area contributed by atoms with E-state index in [-0.39, 0.29) is 0 Å². The van der Waals surface area contributed by atoms with E-state index in [1.54, 1.807) is 0 Å². The van der Waals surface area contributed by atoms with Crippen LogP contribution in [0.15, 0.2) is 30.3 Å². The van der Waals surface area contributed by atoms with E-state index in [9.17, 15) is 0 Å². The molecule has 0 radical (unpaired) electrons. The molecule has 2 heterocycles. The van der Waals surface area contributed by atoms with E-state index in [1.807, 2.05) is 0 Å². The van der Waals surface area contributed by atoms with Crippen molar-refractivity contribution in [2.75, 3.05) is 52.7 Å². The van der Waals surface area contributed by atoms with Gasteiger partial charge in [-0.2, -0.15) is 0 Å². The Balaban J connectivity index is 1.35. The Morgan fingerprint density at radius 1 is 1.00 bits per heavy atom. The van der Waals surface area contributed by atoms with Gasteiger partial charge in [0.1, 0.15) is 6.79 Å². The van der Waals surface area contributed by atoms with E-state index in [4.69, 9.17) is 9.47 Å². The Kier molecular flexibility index (Phi) is 5.63. The molecule has 2 aliphatic rings. The van der Waals surface area contributed by atoms with E-state index >= 15 is 0 Å². The molecule has 0 amide bonds. The summed E-state index contributed by atoms with van der Waals surface area (Å²) < 4.78 is 10.9. The highest BCUT2D eigenvalue weighted by Gasteiger charge is 2.21. The molecule has 1 aromatic rings. The van der Waals surface area contributed by atoms with Crippen LogP contribution in [0.1, 0.15) is 12.0 Å². The summed E-state index contributed by atoms with van der Waals surface area (Å²) in [6.07, 6.45) is 2.56. The van der Waals surface area contributed by atoms with Crippen LogP contribution in [0.5, 0.6) is 0 Å². The van der Waals surface area contributed by atoms with Crippen molar-refractivity contribution >= 4 is 0 Å². The predicted octanol–water partition coefficient (Wildman–Crippen LogP) is 1.61. The minimum Gasteiger partial charge on any atom is -0.355 e. The first-order valence-corrected chi connectivity index (χ1v) is 8.08. The standard InChI is InChI=1S/C17H26N2O2/c1-2-4-16(5-3-1)6-8-18-9-11-19(12-10-18)14-17-7-13-20-15-21-17/h1-5,17H,6-15H2. The highest BCUT2D eigenvalue weighted by Crippen LogP contribution is 2.11. The summed E-state index contributed by atoms with van der Waals surface area (Å²) in [6.45, 7) is 8.24. The first-order valence-electron chi connectivity index (χ1n) is 8.08. The zero-order chi connectivity index (χ0) is 14.3. The van der Waals surface area contributed by atoms with Crippen LogP contribution in [-0.2, 0) is 15.9 Å². The summed E-state index contributed by atoms with van der Waals surface area (Å²) >= 11 is 0. The van der Waals surface area contributed by atoms with Crippen LogP contribution in [0.3, 0.4) is 0 Å². The number of benzene rings is 1. The Labute approximate surface area is 127 Å². The van der Waals surface area contributed by atoms with Crippen molar-refractivity contribution in [1.29, 1.82) is 0 Å². The van der Waals surface area contributed by atoms with E-state index < -0.39 is 0 Å². The van der Waals surface area contributed by atoms with Crippen LogP contribution in [0.4, 0.5) is 0 Å². The normalized spacial score (nSPS) is 25.0. The lowest BCUT2D eigenvalue weighted by atomic mass is 10.1. The fraction of sp³-hybridized carbons (Fsp3) is 0.647. The summed E-state index contributed by atoms with van der Waals surface area (Å²) in [5.41, 5.74) is 1.44. The Hall–Kier alpha value is -0.940. The first kappa shape index (κ1) is 15.0. The van der Waals surface area contributed by atoms with Gasteiger partial charge in [-0.15, -0.1) is 0 Å². The zero-order valence-electron chi connectivity index (χ0n) is 12.7. The Bertz CT molecular complexity index is 399. The SMILES string of the molecule is c1ccc(CCN2CCN(CC3CCOCO3)CC2)cc1. The number of ether oxygens (including phenoxy) is 2. The van der Waals surface area contributed by atoms with Gasteiger partial charge in [-0.25, -0.2) is 0 Å². The molecule has 0 aliphatic carbocycles.